The number of hydrogen-bond acceptors (Lipinski definition) is 7. The molecule has 5 heterocycles. The lowest BCUT2D eigenvalue weighted by Crippen LogP contribution is -2.19. The molecular formula is C20H17N3O3S. The molecule has 1 aliphatic heterocycles. The van der Waals surface area contributed by atoms with Crippen LogP contribution in [0.1, 0.15) is 24.1 Å². The van der Waals surface area contributed by atoms with Crippen molar-refractivity contribution in [2.45, 2.75) is 19.6 Å². The van der Waals surface area contributed by atoms with E-state index in [2.05, 4.69) is 4.98 Å². The summed E-state index contributed by atoms with van der Waals surface area (Å²) < 4.78 is 17.2. The number of fused-ring (bicyclic) bond motifs is 1. The normalized spacial score (nSPS) is 15.4. The number of pyridine rings is 2. The second-order valence-electron chi connectivity index (χ2n) is 6.33. The van der Waals surface area contributed by atoms with Crippen LogP contribution >= 0.6 is 11.3 Å². The first-order valence-electron chi connectivity index (χ1n) is 8.79. The van der Waals surface area contributed by atoms with E-state index >= 15 is 0 Å². The van der Waals surface area contributed by atoms with Crippen molar-refractivity contribution in [1.29, 1.82) is 0 Å². The molecule has 0 bridgehead atoms. The van der Waals surface area contributed by atoms with Gasteiger partial charge in [-0.15, -0.1) is 11.3 Å². The van der Waals surface area contributed by atoms with Gasteiger partial charge in [-0.1, -0.05) is 0 Å². The highest BCUT2D eigenvalue weighted by Crippen LogP contribution is 2.37. The van der Waals surface area contributed by atoms with Crippen molar-refractivity contribution < 1.29 is 13.9 Å². The summed E-state index contributed by atoms with van der Waals surface area (Å²) in [5.41, 5.74) is 4.26. The molecule has 0 radical (unpaired) electrons. The summed E-state index contributed by atoms with van der Waals surface area (Å²) in [5, 5.41) is 1.84. The molecule has 1 fully saturated rings. The van der Waals surface area contributed by atoms with E-state index in [1.807, 2.05) is 37.4 Å². The maximum absolute atomic E-state index is 5.79. The van der Waals surface area contributed by atoms with Crippen LogP contribution in [0.15, 0.2) is 47.3 Å². The fraction of sp³-hybridized carbons (Fsp3) is 0.250. The third-order valence-corrected chi connectivity index (χ3v) is 5.70. The number of hydrogen-bond donors (Lipinski definition) is 0. The second-order valence-corrected chi connectivity index (χ2v) is 7.33. The Balaban J connectivity index is 1.62. The first kappa shape index (κ1) is 16.6. The maximum atomic E-state index is 5.79. The third kappa shape index (κ3) is 3.03. The average Bonchev–Trinajstić information content (AvgIpc) is 3.35. The van der Waals surface area contributed by atoms with Crippen molar-refractivity contribution in [2.75, 3.05) is 13.2 Å². The molecule has 4 aromatic rings. The van der Waals surface area contributed by atoms with E-state index in [0.29, 0.717) is 13.2 Å². The van der Waals surface area contributed by atoms with Crippen LogP contribution in [0.5, 0.6) is 0 Å². The number of furan rings is 1. The summed E-state index contributed by atoms with van der Waals surface area (Å²) in [5.74, 6) is 0. The van der Waals surface area contributed by atoms with Crippen LogP contribution in [-0.2, 0) is 9.47 Å². The van der Waals surface area contributed by atoms with Crippen LogP contribution in [0.25, 0.3) is 32.1 Å². The zero-order valence-corrected chi connectivity index (χ0v) is 15.5. The van der Waals surface area contributed by atoms with Crippen LogP contribution in [0.2, 0.25) is 0 Å². The Kier molecular flexibility index (Phi) is 4.20. The molecule has 0 unspecified atom stereocenters. The SMILES string of the molecule is Cc1nc(-c2cccnc2)sc1-c1cc2occc2c(C2OCCCO2)n1. The van der Waals surface area contributed by atoms with Gasteiger partial charge in [0.15, 0.2) is 0 Å². The van der Waals surface area contributed by atoms with Gasteiger partial charge in [0, 0.05) is 29.4 Å². The molecule has 0 aromatic carbocycles. The molecule has 27 heavy (non-hydrogen) atoms. The number of nitrogens with zero attached hydrogens (tertiary/aromatic N) is 3. The first-order chi connectivity index (χ1) is 13.3. The number of thiazole rings is 1. The Morgan fingerprint density at radius 1 is 1.15 bits per heavy atom. The van der Waals surface area contributed by atoms with Gasteiger partial charge in [-0.25, -0.2) is 9.97 Å². The van der Waals surface area contributed by atoms with Gasteiger partial charge in [0.25, 0.3) is 0 Å². The van der Waals surface area contributed by atoms with Crippen molar-refractivity contribution in [3.8, 4) is 21.1 Å². The Hall–Kier alpha value is -2.61. The van der Waals surface area contributed by atoms with Gasteiger partial charge >= 0.3 is 0 Å². The van der Waals surface area contributed by atoms with E-state index in [-0.39, 0.29) is 0 Å². The topological polar surface area (TPSA) is 70.3 Å². The standard InChI is InChI=1S/C20H17N3O3S/c1-12-18(27-19(22-12)13-4-2-6-21-11-13)15-10-16-14(5-9-24-16)17(23-15)20-25-7-3-8-26-20/h2,4-6,9-11,20H,3,7-8H2,1H3. The lowest BCUT2D eigenvalue weighted by Gasteiger charge is -2.23. The lowest BCUT2D eigenvalue weighted by atomic mass is 10.1. The monoisotopic (exact) mass is 379 g/mol. The van der Waals surface area contributed by atoms with Gasteiger partial charge in [-0.05, 0) is 31.5 Å². The van der Waals surface area contributed by atoms with Crippen LogP contribution < -0.4 is 0 Å². The van der Waals surface area contributed by atoms with E-state index in [1.165, 1.54) is 0 Å². The molecule has 7 heteroatoms. The van der Waals surface area contributed by atoms with E-state index in [4.69, 9.17) is 23.9 Å². The molecule has 0 N–H and O–H groups in total. The van der Waals surface area contributed by atoms with Crippen molar-refractivity contribution in [2.24, 2.45) is 0 Å². The third-order valence-electron chi connectivity index (χ3n) is 4.47. The van der Waals surface area contributed by atoms with Crippen LogP contribution in [-0.4, -0.2) is 28.2 Å². The zero-order chi connectivity index (χ0) is 18.2. The van der Waals surface area contributed by atoms with Crippen molar-refractivity contribution in [1.82, 2.24) is 15.0 Å². The predicted octanol–water partition coefficient (Wildman–Crippen LogP) is 4.76. The molecule has 0 amide bonds. The van der Waals surface area contributed by atoms with Crippen molar-refractivity contribution in [3.63, 3.8) is 0 Å². The summed E-state index contributed by atoms with van der Waals surface area (Å²) >= 11 is 1.60. The maximum Gasteiger partial charge on any atom is 0.201 e. The number of ether oxygens (including phenoxy) is 2. The summed E-state index contributed by atoms with van der Waals surface area (Å²) in [6.45, 7) is 3.33. The van der Waals surface area contributed by atoms with Crippen LogP contribution in [0, 0.1) is 6.92 Å². The van der Waals surface area contributed by atoms with Crippen molar-refractivity contribution in [3.05, 3.63) is 54.3 Å². The second kappa shape index (κ2) is 6.84. The first-order valence-corrected chi connectivity index (χ1v) is 9.61. The molecule has 0 saturated carbocycles. The predicted molar refractivity (Wildman–Crippen MR) is 102 cm³/mol. The van der Waals surface area contributed by atoms with Gasteiger partial charge in [-0.3, -0.25) is 4.98 Å². The van der Waals surface area contributed by atoms with Crippen LogP contribution in [0.3, 0.4) is 0 Å². The van der Waals surface area contributed by atoms with Gasteiger partial charge in [0.05, 0.1) is 35.7 Å². The molecule has 4 aromatic heterocycles. The summed E-state index contributed by atoms with van der Waals surface area (Å²) in [6, 6.07) is 7.78. The van der Waals surface area contributed by atoms with Crippen molar-refractivity contribution >= 4 is 22.3 Å². The fourth-order valence-electron chi connectivity index (χ4n) is 3.18. The van der Waals surface area contributed by atoms with E-state index in [0.717, 1.165) is 49.9 Å². The largest absolute Gasteiger partial charge is 0.464 e. The molecule has 136 valence electrons. The minimum Gasteiger partial charge on any atom is -0.464 e. The Morgan fingerprint density at radius 2 is 2.04 bits per heavy atom. The average molecular weight is 379 g/mol. The zero-order valence-electron chi connectivity index (χ0n) is 14.7. The lowest BCUT2D eigenvalue weighted by molar-refractivity contribution is -0.184. The number of rotatable bonds is 3. The van der Waals surface area contributed by atoms with E-state index in [9.17, 15) is 0 Å². The number of aryl methyl sites for hydroxylation is 1. The minimum atomic E-state index is -0.468. The minimum absolute atomic E-state index is 0.468. The Morgan fingerprint density at radius 3 is 2.85 bits per heavy atom. The van der Waals surface area contributed by atoms with Gasteiger partial charge < -0.3 is 13.9 Å². The Bertz CT molecular complexity index is 1080. The highest BCUT2D eigenvalue weighted by atomic mass is 32.1. The molecule has 0 aliphatic carbocycles. The molecule has 0 atom stereocenters. The molecular weight excluding hydrogens is 362 g/mol. The quantitative estimate of drug-likeness (QED) is 0.511. The van der Waals surface area contributed by atoms with Gasteiger partial charge in [0.2, 0.25) is 6.29 Å². The summed E-state index contributed by atoms with van der Waals surface area (Å²) in [6.07, 6.45) is 5.68. The van der Waals surface area contributed by atoms with Gasteiger partial charge in [-0.2, -0.15) is 0 Å². The van der Waals surface area contributed by atoms with Gasteiger partial charge in [0.1, 0.15) is 16.3 Å². The highest BCUT2D eigenvalue weighted by molar-refractivity contribution is 7.18. The molecule has 5 rings (SSSR count). The van der Waals surface area contributed by atoms with E-state index < -0.39 is 6.29 Å². The molecule has 0 spiro atoms. The smallest absolute Gasteiger partial charge is 0.201 e. The fourth-order valence-corrected chi connectivity index (χ4v) is 4.20. The summed E-state index contributed by atoms with van der Waals surface area (Å²) in [4.78, 5) is 14.8. The van der Waals surface area contributed by atoms with E-state index in [1.54, 1.807) is 23.8 Å². The Labute approximate surface area is 159 Å². The molecule has 6 nitrogen and oxygen atoms in total. The number of aromatic nitrogens is 3. The molecule has 1 aliphatic rings. The highest BCUT2D eigenvalue weighted by Gasteiger charge is 2.24. The summed E-state index contributed by atoms with van der Waals surface area (Å²) in [7, 11) is 0. The van der Waals surface area contributed by atoms with Crippen LogP contribution in [0.4, 0.5) is 0 Å². The molecule has 1 saturated heterocycles.